The standard InChI is InChI=1S/CHOP.Ni/c2-1-3;/h3H;. The molecule has 1 nitrogen and oxygen atoms in total. The fourth-order valence-electron chi connectivity index (χ4n) is 0. The van der Waals surface area contributed by atoms with Gasteiger partial charge in [0.15, 0.2) is 0 Å². The summed E-state index contributed by atoms with van der Waals surface area (Å²) in [5, 5.41) is 0. The van der Waals surface area contributed by atoms with Crippen molar-refractivity contribution in [2.45, 2.75) is 0 Å². The minimum absolute atomic E-state index is 0. The number of rotatable bonds is 0. The molecule has 0 saturated heterocycles. The van der Waals surface area contributed by atoms with Crippen molar-refractivity contribution in [2.75, 3.05) is 0 Å². The van der Waals surface area contributed by atoms with Gasteiger partial charge in [0.1, 0.15) is 5.66 Å². The Kier molecular flexibility index (Phi) is 22.3. The molecule has 3 heteroatoms. The third kappa shape index (κ3) is 32.1. The molecule has 0 bridgehead atoms. The Morgan fingerprint density at radius 3 is 1.75 bits per heavy atom. The molecule has 0 aromatic heterocycles. The van der Waals surface area contributed by atoms with Crippen molar-refractivity contribution in [1.82, 2.24) is 0 Å². The smallest absolute Gasteiger partial charge is 0.146 e. The average molecular weight is 119 g/mol. The van der Waals surface area contributed by atoms with Gasteiger partial charge in [-0.3, -0.25) is 0 Å². The molecular formula is CHNiOP. The number of carbonyl (C=O) groups excluding carboxylic acids is 1. The first kappa shape index (κ1) is 8.84. The monoisotopic (exact) mass is 118 g/mol. The Morgan fingerprint density at radius 1 is 1.75 bits per heavy atom. The molecule has 0 radical (unpaired) electrons. The Balaban J connectivity index is 0. The maximum atomic E-state index is 8.59. The van der Waals surface area contributed by atoms with Gasteiger partial charge >= 0.3 is 0 Å². The van der Waals surface area contributed by atoms with Crippen molar-refractivity contribution in [3.8, 4) is 0 Å². The van der Waals surface area contributed by atoms with Gasteiger partial charge in [-0.1, -0.05) is 0 Å². The average Bonchev–Trinajstić information content (AvgIpc) is 0.918. The zero-order chi connectivity index (χ0) is 2.71. The first-order valence-electron chi connectivity index (χ1n) is 0.454. The molecule has 0 N–H and O–H groups in total. The predicted octanol–water partition coefficient (Wildman–Crippen LogP) is 0.194. The molecular weight excluding hydrogens is 118 g/mol. The molecule has 26 valence electrons. The van der Waals surface area contributed by atoms with Crippen LogP contribution in [-0.2, 0) is 21.3 Å². The van der Waals surface area contributed by atoms with Crippen LogP contribution in [0.5, 0.6) is 0 Å². The van der Waals surface area contributed by atoms with Gasteiger partial charge in [0.05, 0.1) is 0 Å². The second-order valence-electron chi connectivity index (χ2n) is 0.102. The molecule has 0 aliphatic rings. The van der Waals surface area contributed by atoms with E-state index in [4.69, 9.17) is 4.79 Å². The molecule has 0 spiro atoms. The van der Waals surface area contributed by atoms with Crippen LogP contribution in [0.2, 0.25) is 0 Å². The normalized spacial score (nSPS) is 2.00. The summed E-state index contributed by atoms with van der Waals surface area (Å²) in [5.41, 5.74) is 1.31. The van der Waals surface area contributed by atoms with E-state index in [1.807, 2.05) is 0 Å². The van der Waals surface area contributed by atoms with Gasteiger partial charge in [0, 0.05) is 16.5 Å². The third-order valence-corrected chi connectivity index (χ3v) is 0. The van der Waals surface area contributed by atoms with E-state index in [0.29, 0.717) is 0 Å². The summed E-state index contributed by atoms with van der Waals surface area (Å²) in [7, 11) is 2.38. The minimum atomic E-state index is 0. The van der Waals surface area contributed by atoms with E-state index in [0.717, 1.165) is 0 Å². The van der Waals surface area contributed by atoms with Crippen LogP contribution in [0.15, 0.2) is 0 Å². The molecule has 0 saturated carbocycles. The van der Waals surface area contributed by atoms with Gasteiger partial charge < -0.3 is 0 Å². The van der Waals surface area contributed by atoms with Crippen LogP contribution in [0.1, 0.15) is 0 Å². The zero-order valence-electron chi connectivity index (χ0n) is 1.72. The van der Waals surface area contributed by atoms with E-state index in [1.165, 1.54) is 5.66 Å². The maximum Gasteiger partial charge on any atom is 0.146 e. The summed E-state index contributed by atoms with van der Waals surface area (Å²) in [6.07, 6.45) is 0. The van der Waals surface area contributed by atoms with E-state index in [9.17, 15) is 0 Å². The molecule has 0 fully saturated rings. The van der Waals surface area contributed by atoms with E-state index in [1.54, 1.807) is 0 Å². The molecule has 0 aliphatic carbocycles. The minimum Gasteiger partial charge on any atom is -0.229 e. The van der Waals surface area contributed by atoms with E-state index in [-0.39, 0.29) is 16.5 Å². The van der Waals surface area contributed by atoms with E-state index in [2.05, 4.69) is 8.86 Å². The van der Waals surface area contributed by atoms with E-state index >= 15 is 0 Å². The summed E-state index contributed by atoms with van der Waals surface area (Å²) in [6.45, 7) is 0. The maximum absolute atomic E-state index is 8.59. The van der Waals surface area contributed by atoms with Gasteiger partial charge in [-0.05, 0) is 8.86 Å². The zero-order valence-corrected chi connectivity index (χ0v) is 3.71. The SMILES string of the molecule is O=C=P.[Ni]. The summed E-state index contributed by atoms with van der Waals surface area (Å²) >= 11 is 0. The Morgan fingerprint density at radius 2 is 1.75 bits per heavy atom. The number of hydrogen-bond acceptors (Lipinski definition) is 1. The second-order valence-corrected chi connectivity index (χ2v) is 0.306. The van der Waals surface area contributed by atoms with Gasteiger partial charge in [0.25, 0.3) is 0 Å². The van der Waals surface area contributed by atoms with Crippen molar-refractivity contribution in [2.24, 2.45) is 0 Å². The number of hydrogen-bond donors (Lipinski definition) is 0. The van der Waals surface area contributed by atoms with Crippen molar-refractivity contribution in [1.29, 1.82) is 0 Å². The fraction of sp³-hybridized carbons (Fsp3) is 0. The second kappa shape index (κ2) is 10.1. The molecule has 0 unspecified atom stereocenters. The molecule has 4 heavy (non-hydrogen) atoms. The Bertz CT molecular complexity index is 29.0. The Labute approximate surface area is 36.5 Å². The third-order valence-electron chi connectivity index (χ3n) is 0. The summed E-state index contributed by atoms with van der Waals surface area (Å²) in [5.74, 6) is 0. The van der Waals surface area contributed by atoms with Gasteiger partial charge in [-0.25, -0.2) is 4.79 Å². The van der Waals surface area contributed by atoms with Crippen molar-refractivity contribution < 1.29 is 21.3 Å². The van der Waals surface area contributed by atoms with Crippen LogP contribution in [0, 0.1) is 0 Å². The van der Waals surface area contributed by atoms with Crippen LogP contribution in [0.25, 0.3) is 0 Å². The fourth-order valence-corrected chi connectivity index (χ4v) is 0. The molecule has 0 aliphatic heterocycles. The molecule has 0 amide bonds. The van der Waals surface area contributed by atoms with Crippen molar-refractivity contribution >= 4 is 14.5 Å². The summed E-state index contributed by atoms with van der Waals surface area (Å²) in [6, 6.07) is 0. The van der Waals surface area contributed by atoms with Crippen molar-refractivity contribution in [3.05, 3.63) is 0 Å². The van der Waals surface area contributed by atoms with Gasteiger partial charge in [0.2, 0.25) is 0 Å². The first-order valence-corrected chi connectivity index (χ1v) is 0.954. The quantitative estimate of drug-likeness (QED) is 0.328. The topological polar surface area (TPSA) is 17.1 Å². The summed E-state index contributed by atoms with van der Waals surface area (Å²) in [4.78, 5) is 8.59. The van der Waals surface area contributed by atoms with Crippen LogP contribution in [0.3, 0.4) is 0 Å². The van der Waals surface area contributed by atoms with Gasteiger partial charge in [-0.15, -0.1) is 0 Å². The molecule has 0 aromatic rings. The van der Waals surface area contributed by atoms with Crippen LogP contribution in [0.4, 0.5) is 0 Å². The van der Waals surface area contributed by atoms with Crippen LogP contribution >= 0.6 is 8.86 Å². The van der Waals surface area contributed by atoms with Crippen LogP contribution in [-0.4, -0.2) is 5.66 Å². The Hall–Kier alpha value is 0.374. The van der Waals surface area contributed by atoms with E-state index < -0.39 is 0 Å². The largest absolute Gasteiger partial charge is 0.229 e. The molecule has 0 rings (SSSR count). The molecule has 0 aromatic carbocycles. The van der Waals surface area contributed by atoms with Crippen LogP contribution < -0.4 is 0 Å². The van der Waals surface area contributed by atoms with Gasteiger partial charge in [-0.2, -0.15) is 0 Å². The summed E-state index contributed by atoms with van der Waals surface area (Å²) < 4.78 is 0. The predicted molar refractivity (Wildman–Crippen MR) is 14.0 cm³/mol. The van der Waals surface area contributed by atoms with Crippen molar-refractivity contribution in [3.63, 3.8) is 0 Å². The molecule has 0 heterocycles. The first-order chi connectivity index (χ1) is 1.41. The molecule has 0 atom stereocenters.